The number of amides is 2. The van der Waals surface area contributed by atoms with Gasteiger partial charge in [0, 0.05) is 17.3 Å². The van der Waals surface area contributed by atoms with Crippen LogP contribution in [0.25, 0.3) is 0 Å². The van der Waals surface area contributed by atoms with Crippen molar-refractivity contribution in [2.75, 3.05) is 32.2 Å². The molecule has 2 aromatic carbocycles. The van der Waals surface area contributed by atoms with E-state index >= 15 is 0 Å². The first-order valence-corrected chi connectivity index (χ1v) is 8.15. The van der Waals surface area contributed by atoms with E-state index in [-0.39, 0.29) is 12.5 Å². The van der Waals surface area contributed by atoms with Crippen molar-refractivity contribution < 1.29 is 23.8 Å². The zero-order valence-corrected chi connectivity index (χ0v) is 14.6. The highest BCUT2D eigenvalue weighted by Crippen LogP contribution is 2.23. The molecule has 1 unspecified atom stereocenters. The van der Waals surface area contributed by atoms with Crippen LogP contribution in [0.1, 0.15) is 10.4 Å². The Morgan fingerprint density at radius 2 is 1.81 bits per heavy atom. The van der Waals surface area contributed by atoms with E-state index in [1.807, 2.05) is 30.3 Å². The normalized spacial score (nSPS) is 16.2. The molecule has 26 heavy (non-hydrogen) atoms. The Hall–Kier alpha value is -3.22. The van der Waals surface area contributed by atoms with Crippen molar-refractivity contribution in [1.82, 2.24) is 5.32 Å². The summed E-state index contributed by atoms with van der Waals surface area (Å²) < 4.78 is 15.7. The molecule has 1 aliphatic heterocycles. The van der Waals surface area contributed by atoms with Gasteiger partial charge in [-0.1, -0.05) is 18.2 Å². The third-order valence-electron chi connectivity index (χ3n) is 4.05. The number of carbonyl (C=O) groups excluding carboxylic acids is 2. The molecule has 2 amide bonds. The van der Waals surface area contributed by atoms with Crippen molar-refractivity contribution in [1.29, 1.82) is 0 Å². The lowest BCUT2D eigenvalue weighted by molar-refractivity contribution is 0.0915. The van der Waals surface area contributed by atoms with Crippen LogP contribution in [-0.4, -0.2) is 45.4 Å². The molecule has 1 aliphatic rings. The van der Waals surface area contributed by atoms with Crippen LogP contribution in [0.3, 0.4) is 0 Å². The third-order valence-corrected chi connectivity index (χ3v) is 4.05. The minimum atomic E-state index is -0.418. The molecule has 7 nitrogen and oxygen atoms in total. The Kier molecular flexibility index (Phi) is 5.26. The summed E-state index contributed by atoms with van der Waals surface area (Å²) in [5.41, 5.74) is 1.18. The number of rotatable bonds is 6. The first kappa shape index (κ1) is 17.6. The van der Waals surface area contributed by atoms with Gasteiger partial charge in [-0.2, -0.15) is 0 Å². The summed E-state index contributed by atoms with van der Waals surface area (Å²) >= 11 is 0. The van der Waals surface area contributed by atoms with Gasteiger partial charge in [0.1, 0.15) is 17.6 Å². The van der Waals surface area contributed by atoms with Gasteiger partial charge in [-0.25, -0.2) is 4.79 Å². The number of para-hydroxylation sites is 1. The lowest BCUT2D eigenvalue weighted by Crippen LogP contribution is -2.34. The van der Waals surface area contributed by atoms with Crippen LogP contribution in [0, 0.1) is 0 Å². The lowest BCUT2D eigenvalue weighted by Gasteiger charge is -2.13. The van der Waals surface area contributed by atoms with Crippen LogP contribution in [0.2, 0.25) is 0 Å². The third kappa shape index (κ3) is 3.88. The number of hydrogen-bond acceptors (Lipinski definition) is 5. The SMILES string of the molecule is COc1cc(OC)cc(C(=O)NCC2CN(c3ccccc3)C(=O)O2)c1. The number of nitrogens with zero attached hydrogens (tertiary/aromatic N) is 1. The summed E-state index contributed by atoms with van der Waals surface area (Å²) in [7, 11) is 3.04. The maximum Gasteiger partial charge on any atom is 0.414 e. The highest BCUT2D eigenvalue weighted by Gasteiger charge is 2.32. The van der Waals surface area contributed by atoms with Crippen molar-refractivity contribution in [3.05, 3.63) is 54.1 Å². The lowest BCUT2D eigenvalue weighted by atomic mass is 10.2. The Morgan fingerprint density at radius 3 is 2.42 bits per heavy atom. The van der Waals surface area contributed by atoms with Gasteiger partial charge in [-0.05, 0) is 24.3 Å². The zero-order chi connectivity index (χ0) is 18.5. The molecule has 7 heteroatoms. The van der Waals surface area contributed by atoms with Gasteiger partial charge in [0.15, 0.2) is 0 Å². The van der Waals surface area contributed by atoms with Gasteiger partial charge >= 0.3 is 6.09 Å². The zero-order valence-electron chi connectivity index (χ0n) is 14.6. The molecule has 136 valence electrons. The Morgan fingerprint density at radius 1 is 1.15 bits per heavy atom. The monoisotopic (exact) mass is 356 g/mol. The number of ether oxygens (including phenoxy) is 3. The first-order valence-electron chi connectivity index (χ1n) is 8.15. The number of cyclic esters (lactones) is 1. The van der Waals surface area contributed by atoms with E-state index in [0.29, 0.717) is 23.6 Å². The van der Waals surface area contributed by atoms with Crippen molar-refractivity contribution in [2.24, 2.45) is 0 Å². The fourth-order valence-electron chi connectivity index (χ4n) is 2.69. The molecular formula is C19H20N2O5. The van der Waals surface area contributed by atoms with Crippen LogP contribution >= 0.6 is 0 Å². The van der Waals surface area contributed by atoms with E-state index in [1.165, 1.54) is 14.2 Å². The molecule has 2 aromatic rings. The highest BCUT2D eigenvalue weighted by atomic mass is 16.6. The van der Waals surface area contributed by atoms with Gasteiger partial charge < -0.3 is 19.5 Å². The molecule has 3 rings (SSSR count). The maximum absolute atomic E-state index is 12.4. The number of methoxy groups -OCH3 is 2. The predicted molar refractivity (Wildman–Crippen MR) is 95.9 cm³/mol. The number of carbonyl (C=O) groups is 2. The van der Waals surface area contributed by atoms with Crippen molar-refractivity contribution in [3.8, 4) is 11.5 Å². The second kappa shape index (κ2) is 7.77. The second-order valence-corrected chi connectivity index (χ2v) is 5.76. The Bertz CT molecular complexity index is 772. The summed E-state index contributed by atoms with van der Waals surface area (Å²) in [6.07, 6.45) is -0.836. The molecule has 1 fully saturated rings. The molecular weight excluding hydrogens is 336 g/mol. The fraction of sp³-hybridized carbons (Fsp3) is 0.263. The van der Waals surface area contributed by atoms with Crippen molar-refractivity contribution in [2.45, 2.75) is 6.10 Å². The Labute approximate surface area is 151 Å². The fourth-order valence-corrected chi connectivity index (χ4v) is 2.69. The molecule has 1 N–H and O–H groups in total. The summed E-state index contributed by atoms with van der Waals surface area (Å²) in [4.78, 5) is 26.0. The van der Waals surface area contributed by atoms with Gasteiger partial charge in [-0.3, -0.25) is 9.69 Å². The van der Waals surface area contributed by atoms with Crippen LogP contribution in [0.4, 0.5) is 10.5 Å². The molecule has 0 bridgehead atoms. The summed E-state index contributed by atoms with van der Waals surface area (Å²) in [5, 5.41) is 2.78. The molecule has 0 saturated carbocycles. The molecule has 1 heterocycles. The summed E-state index contributed by atoms with van der Waals surface area (Å²) in [6.45, 7) is 0.595. The van der Waals surface area contributed by atoms with Crippen LogP contribution in [-0.2, 0) is 4.74 Å². The molecule has 1 saturated heterocycles. The first-order chi connectivity index (χ1) is 12.6. The molecule has 0 radical (unpaired) electrons. The molecule has 0 aliphatic carbocycles. The predicted octanol–water partition coefficient (Wildman–Crippen LogP) is 2.46. The smallest absolute Gasteiger partial charge is 0.414 e. The number of nitrogens with one attached hydrogen (secondary N) is 1. The minimum absolute atomic E-state index is 0.216. The second-order valence-electron chi connectivity index (χ2n) is 5.76. The topological polar surface area (TPSA) is 77.1 Å². The summed E-state index contributed by atoms with van der Waals surface area (Å²) in [5.74, 6) is 0.755. The molecule has 0 spiro atoms. The standard InChI is InChI=1S/C19H20N2O5/c1-24-15-8-13(9-16(10-15)25-2)18(22)20-11-17-12-21(19(23)26-17)14-6-4-3-5-7-14/h3-10,17H,11-12H2,1-2H3,(H,20,22). The van der Waals surface area contributed by atoms with Gasteiger partial charge in [0.05, 0.1) is 27.3 Å². The average molecular weight is 356 g/mol. The molecule has 1 atom stereocenters. The average Bonchev–Trinajstić information content (AvgIpc) is 3.06. The largest absolute Gasteiger partial charge is 0.497 e. The number of hydrogen-bond donors (Lipinski definition) is 1. The van der Waals surface area contributed by atoms with Crippen LogP contribution in [0.15, 0.2) is 48.5 Å². The minimum Gasteiger partial charge on any atom is -0.497 e. The van der Waals surface area contributed by atoms with E-state index < -0.39 is 12.2 Å². The number of anilines is 1. The van der Waals surface area contributed by atoms with Crippen molar-refractivity contribution in [3.63, 3.8) is 0 Å². The van der Waals surface area contributed by atoms with Gasteiger partial charge in [0.25, 0.3) is 5.91 Å². The maximum atomic E-state index is 12.4. The Balaban J connectivity index is 1.61. The van der Waals surface area contributed by atoms with Gasteiger partial charge in [0.2, 0.25) is 0 Å². The van der Waals surface area contributed by atoms with Crippen LogP contribution in [0.5, 0.6) is 11.5 Å². The van der Waals surface area contributed by atoms with Crippen molar-refractivity contribution >= 4 is 17.7 Å². The van der Waals surface area contributed by atoms with Gasteiger partial charge in [-0.15, -0.1) is 0 Å². The van der Waals surface area contributed by atoms with E-state index in [1.54, 1.807) is 23.1 Å². The number of benzene rings is 2. The molecule has 0 aromatic heterocycles. The van der Waals surface area contributed by atoms with E-state index in [2.05, 4.69) is 5.32 Å². The summed E-state index contributed by atoms with van der Waals surface area (Å²) in [6, 6.07) is 14.2. The highest BCUT2D eigenvalue weighted by molar-refractivity contribution is 5.95. The quantitative estimate of drug-likeness (QED) is 0.860. The van der Waals surface area contributed by atoms with E-state index in [0.717, 1.165) is 5.69 Å². The van der Waals surface area contributed by atoms with Crippen LogP contribution < -0.4 is 19.7 Å². The van der Waals surface area contributed by atoms with E-state index in [4.69, 9.17) is 14.2 Å². The van der Waals surface area contributed by atoms with E-state index in [9.17, 15) is 9.59 Å².